The molecule has 0 N–H and O–H groups in total. The normalized spacial score (nSPS) is 11.6. The van der Waals surface area contributed by atoms with Gasteiger partial charge in [0.2, 0.25) is 0 Å². The smallest absolute Gasteiger partial charge is 0.136 e. The second kappa shape index (κ2) is 13.2. The molecule has 262 valence electrons. The van der Waals surface area contributed by atoms with Gasteiger partial charge in [-0.1, -0.05) is 158 Å². The van der Waals surface area contributed by atoms with Gasteiger partial charge < -0.3 is 9.32 Å². The molecule has 56 heavy (non-hydrogen) atoms. The van der Waals surface area contributed by atoms with Gasteiger partial charge in [0, 0.05) is 33.1 Å². The van der Waals surface area contributed by atoms with Crippen molar-refractivity contribution in [1.29, 1.82) is 0 Å². The van der Waals surface area contributed by atoms with Crippen LogP contribution in [0.5, 0.6) is 0 Å². The van der Waals surface area contributed by atoms with Crippen LogP contribution in [0.3, 0.4) is 0 Å². The number of nitrogens with zero attached hydrogens (tertiary/aromatic N) is 1. The highest BCUT2D eigenvalue weighted by Crippen LogP contribution is 2.48. The fraction of sp³-hybridized carbons (Fsp3) is 0. The highest BCUT2D eigenvalue weighted by molar-refractivity contribution is 6.36. The molecule has 0 aliphatic carbocycles. The number of furan rings is 1. The van der Waals surface area contributed by atoms with Crippen LogP contribution in [0.25, 0.3) is 87.6 Å². The molecule has 0 radical (unpaired) electrons. The standard InChI is InChI=1S/C54H35NO/c1-4-17-36(18-5-1)38-33-39(37-19-6-2-7-20-37)35-41(34-38)55(40-21-8-3-9-22-40)49-29-14-12-23-42(49)43-27-16-28-45-47-31-32-51-54(48-26-13-15-30-50(48)56-51)53(47)46-25-11-10-24-44(46)52(43)45/h1-35H. The van der Waals surface area contributed by atoms with Gasteiger partial charge in [0.25, 0.3) is 0 Å². The van der Waals surface area contributed by atoms with Gasteiger partial charge in [-0.25, -0.2) is 0 Å². The molecule has 0 saturated carbocycles. The zero-order valence-electron chi connectivity index (χ0n) is 30.6. The van der Waals surface area contributed by atoms with E-state index in [2.05, 4.69) is 211 Å². The summed E-state index contributed by atoms with van der Waals surface area (Å²) in [5.74, 6) is 0. The van der Waals surface area contributed by atoms with Crippen molar-refractivity contribution in [3.63, 3.8) is 0 Å². The number of rotatable bonds is 6. The maximum absolute atomic E-state index is 6.41. The van der Waals surface area contributed by atoms with E-state index in [9.17, 15) is 0 Å². The lowest BCUT2D eigenvalue weighted by Crippen LogP contribution is -2.11. The molecule has 0 amide bonds. The van der Waals surface area contributed by atoms with Crippen LogP contribution in [-0.2, 0) is 0 Å². The van der Waals surface area contributed by atoms with Crippen LogP contribution in [0.2, 0.25) is 0 Å². The summed E-state index contributed by atoms with van der Waals surface area (Å²) >= 11 is 0. The van der Waals surface area contributed by atoms with Crippen LogP contribution in [0, 0.1) is 0 Å². The molecule has 0 aliphatic heterocycles. The van der Waals surface area contributed by atoms with Gasteiger partial charge in [-0.3, -0.25) is 0 Å². The fourth-order valence-electron chi connectivity index (χ4n) is 8.77. The van der Waals surface area contributed by atoms with E-state index in [4.69, 9.17) is 4.42 Å². The average molecular weight is 714 g/mol. The van der Waals surface area contributed by atoms with Crippen molar-refractivity contribution in [2.75, 3.05) is 4.90 Å². The molecule has 2 nitrogen and oxygen atoms in total. The summed E-state index contributed by atoms with van der Waals surface area (Å²) in [5.41, 5.74) is 12.2. The Morgan fingerprint density at radius 2 is 0.804 bits per heavy atom. The van der Waals surface area contributed by atoms with E-state index < -0.39 is 0 Å². The average Bonchev–Trinajstić information content (AvgIpc) is 3.66. The highest BCUT2D eigenvalue weighted by atomic mass is 16.3. The lowest BCUT2D eigenvalue weighted by Gasteiger charge is -2.29. The van der Waals surface area contributed by atoms with E-state index in [1.807, 2.05) is 6.07 Å². The SMILES string of the molecule is c1ccc(-c2cc(-c3ccccc3)cc(N(c3ccccc3)c3ccccc3-c3cccc4c5ccc6oc7ccccc7c6c5c5ccccc5c34)c2)cc1. The van der Waals surface area contributed by atoms with Crippen molar-refractivity contribution in [2.24, 2.45) is 0 Å². The minimum Gasteiger partial charge on any atom is -0.456 e. The molecule has 0 aliphatic rings. The molecule has 0 spiro atoms. The molecule has 1 heterocycles. The molecule has 0 saturated heterocycles. The molecule has 0 unspecified atom stereocenters. The topological polar surface area (TPSA) is 16.4 Å². The Labute approximate surface area is 325 Å². The molecular formula is C54H35NO. The molecule has 0 bridgehead atoms. The maximum Gasteiger partial charge on any atom is 0.136 e. The monoisotopic (exact) mass is 713 g/mol. The first-order valence-electron chi connectivity index (χ1n) is 19.2. The van der Waals surface area contributed by atoms with Crippen molar-refractivity contribution in [1.82, 2.24) is 0 Å². The van der Waals surface area contributed by atoms with Gasteiger partial charge in [0.05, 0.1) is 5.69 Å². The van der Waals surface area contributed by atoms with E-state index in [1.165, 1.54) is 65.5 Å². The highest BCUT2D eigenvalue weighted by Gasteiger charge is 2.22. The third-order valence-electron chi connectivity index (χ3n) is 11.2. The third kappa shape index (κ3) is 5.19. The quantitative estimate of drug-likeness (QED) is 0.160. The van der Waals surface area contributed by atoms with Crippen molar-refractivity contribution in [3.05, 3.63) is 212 Å². The van der Waals surface area contributed by atoms with E-state index in [1.54, 1.807) is 0 Å². The Balaban J connectivity index is 1.21. The largest absolute Gasteiger partial charge is 0.456 e. The summed E-state index contributed by atoms with van der Waals surface area (Å²) < 4.78 is 6.41. The molecule has 11 aromatic rings. The molecule has 10 aromatic carbocycles. The first kappa shape index (κ1) is 32.0. The Kier molecular flexibility index (Phi) is 7.53. The minimum absolute atomic E-state index is 0.912. The molecular weight excluding hydrogens is 679 g/mol. The number of hydrogen-bond acceptors (Lipinski definition) is 2. The second-order valence-electron chi connectivity index (χ2n) is 14.4. The van der Waals surface area contributed by atoms with Crippen LogP contribution in [0.4, 0.5) is 17.1 Å². The Hall–Kier alpha value is -7.42. The van der Waals surface area contributed by atoms with Crippen LogP contribution in [0.1, 0.15) is 0 Å². The fourth-order valence-corrected chi connectivity index (χ4v) is 8.77. The van der Waals surface area contributed by atoms with E-state index in [0.29, 0.717) is 0 Å². The summed E-state index contributed by atoms with van der Waals surface area (Å²) in [7, 11) is 0. The van der Waals surface area contributed by atoms with Crippen molar-refractivity contribution < 1.29 is 4.42 Å². The Morgan fingerprint density at radius 1 is 0.286 bits per heavy atom. The van der Waals surface area contributed by atoms with Gasteiger partial charge in [0.1, 0.15) is 11.2 Å². The van der Waals surface area contributed by atoms with Crippen molar-refractivity contribution in [3.8, 4) is 33.4 Å². The molecule has 11 rings (SSSR count). The summed E-state index contributed by atoms with van der Waals surface area (Å²) in [6.45, 7) is 0. The maximum atomic E-state index is 6.41. The molecule has 0 atom stereocenters. The lowest BCUT2D eigenvalue weighted by molar-refractivity contribution is 0.669. The van der Waals surface area contributed by atoms with Crippen LogP contribution >= 0.6 is 0 Å². The first-order valence-corrected chi connectivity index (χ1v) is 19.2. The van der Waals surface area contributed by atoms with Crippen LogP contribution in [-0.4, -0.2) is 0 Å². The number of hydrogen-bond donors (Lipinski definition) is 0. The van der Waals surface area contributed by atoms with Crippen molar-refractivity contribution in [2.45, 2.75) is 0 Å². The lowest BCUT2D eigenvalue weighted by atomic mass is 9.87. The van der Waals surface area contributed by atoms with E-state index in [-0.39, 0.29) is 0 Å². The minimum atomic E-state index is 0.912. The second-order valence-corrected chi connectivity index (χ2v) is 14.4. The zero-order chi connectivity index (χ0) is 37.0. The van der Waals surface area contributed by atoms with Crippen molar-refractivity contribution >= 4 is 71.3 Å². The molecule has 2 heteroatoms. The van der Waals surface area contributed by atoms with E-state index in [0.717, 1.165) is 39.2 Å². The Bertz CT molecular complexity index is 3150. The van der Waals surface area contributed by atoms with E-state index >= 15 is 0 Å². The van der Waals surface area contributed by atoms with Crippen LogP contribution < -0.4 is 4.90 Å². The van der Waals surface area contributed by atoms with Gasteiger partial charge in [-0.15, -0.1) is 0 Å². The van der Waals surface area contributed by atoms with Gasteiger partial charge >= 0.3 is 0 Å². The number of benzene rings is 10. The first-order chi connectivity index (χ1) is 27.8. The summed E-state index contributed by atoms with van der Waals surface area (Å²) in [4.78, 5) is 2.43. The van der Waals surface area contributed by atoms with Gasteiger partial charge in [-0.05, 0) is 109 Å². The van der Waals surface area contributed by atoms with Gasteiger partial charge in [0.15, 0.2) is 0 Å². The zero-order valence-corrected chi connectivity index (χ0v) is 30.6. The predicted molar refractivity (Wildman–Crippen MR) is 237 cm³/mol. The summed E-state index contributed by atoms with van der Waals surface area (Å²) in [5, 5.41) is 9.68. The molecule has 1 aromatic heterocycles. The summed E-state index contributed by atoms with van der Waals surface area (Å²) in [6.07, 6.45) is 0. The van der Waals surface area contributed by atoms with Crippen LogP contribution in [0.15, 0.2) is 217 Å². The van der Waals surface area contributed by atoms with Gasteiger partial charge in [-0.2, -0.15) is 0 Å². The number of anilines is 3. The number of para-hydroxylation sites is 3. The predicted octanol–water partition coefficient (Wildman–Crippen LogP) is 15.5. The Morgan fingerprint density at radius 3 is 1.50 bits per heavy atom. The molecule has 0 fully saturated rings. The number of fused-ring (bicyclic) bond motifs is 10. The summed E-state index contributed by atoms with van der Waals surface area (Å²) in [6, 6.07) is 76.5. The third-order valence-corrected chi connectivity index (χ3v) is 11.2.